The SMILES string of the molecule is CN(CC#N)CC(=O)OCCc1ccc(C(CCc2ccccc2)c2ccccc2)cc1. The quantitative estimate of drug-likeness (QED) is 0.320. The summed E-state index contributed by atoms with van der Waals surface area (Å²) in [5, 5.41) is 8.66. The maximum atomic E-state index is 11.8. The van der Waals surface area contributed by atoms with Gasteiger partial charge in [-0.1, -0.05) is 84.9 Å². The molecule has 0 aliphatic rings. The number of nitriles is 1. The second-order valence-electron chi connectivity index (χ2n) is 8.03. The summed E-state index contributed by atoms with van der Waals surface area (Å²) in [6.45, 7) is 0.685. The Bertz CT molecular complexity index is 995. The molecule has 0 bridgehead atoms. The zero-order valence-electron chi connectivity index (χ0n) is 18.6. The first kappa shape index (κ1) is 23.2. The molecule has 0 aliphatic heterocycles. The summed E-state index contributed by atoms with van der Waals surface area (Å²) < 4.78 is 5.31. The average Bonchev–Trinajstić information content (AvgIpc) is 2.81. The van der Waals surface area contributed by atoms with Gasteiger partial charge in [-0.05, 0) is 42.1 Å². The summed E-state index contributed by atoms with van der Waals surface area (Å²) in [4.78, 5) is 13.5. The van der Waals surface area contributed by atoms with Crippen molar-refractivity contribution in [2.24, 2.45) is 0 Å². The fraction of sp³-hybridized carbons (Fsp3) is 0.286. The Morgan fingerprint density at radius 1 is 0.875 bits per heavy atom. The van der Waals surface area contributed by atoms with Crippen LogP contribution < -0.4 is 0 Å². The molecule has 0 radical (unpaired) electrons. The second-order valence-corrected chi connectivity index (χ2v) is 8.03. The molecule has 3 rings (SSSR count). The predicted molar refractivity (Wildman–Crippen MR) is 127 cm³/mol. The van der Waals surface area contributed by atoms with Crippen LogP contribution in [0.4, 0.5) is 0 Å². The van der Waals surface area contributed by atoms with Crippen LogP contribution in [-0.2, 0) is 22.4 Å². The monoisotopic (exact) mass is 426 g/mol. The van der Waals surface area contributed by atoms with E-state index >= 15 is 0 Å². The molecule has 0 N–H and O–H groups in total. The fourth-order valence-electron chi connectivity index (χ4n) is 3.81. The molecule has 0 heterocycles. The third-order valence-electron chi connectivity index (χ3n) is 5.54. The van der Waals surface area contributed by atoms with E-state index in [0.717, 1.165) is 18.4 Å². The van der Waals surface area contributed by atoms with Gasteiger partial charge in [0.05, 0.1) is 25.8 Å². The highest BCUT2D eigenvalue weighted by atomic mass is 16.5. The number of hydrogen-bond donors (Lipinski definition) is 0. The number of carbonyl (C=O) groups excluding carboxylic acids is 1. The summed E-state index contributed by atoms with van der Waals surface area (Å²) in [6.07, 6.45) is 2.74. The van der Waals surface area contributed by atoms with E-state index in [-0.39, 0.29) is 19.1 Å². The number of hydrogen-bond acceptors (Lipinski definition) is 4. The Kier molecular flexibility index (Phi) is 9.04. The number of nitrogens with zero attached hydrogens (tertiary/aromatic N) is 2. The lowest BCUT2D eigenvalue weighted by atomic mass is 9.86. The van der Waals surface area contributed by atoms with E-state index < -0.39 is 0 Å². The molecule has 0 aromatic heterocycles. The van der Waals surface area contributed by atoms with Crippen molar-refractivity contribution in [1.82, 2.24) is 4.90 Å². The van der Waals surface area contributed by atoms with E-state index in [1.165, 1.54) is 16.7 Å². The van der Waals surface area contributed by atoms with Crippen molar-refractivity contribution in [3.8, 4) is 6.07 Å². The Hall–Kier alpha value is -3.42. The largest absolute Gasteiger partial charge is 0.464 e. The zero-order chi connectivity index (χ0) is 22.6. The van der Waals surface area contributed by atoms with Crippen molar-refractivity contribution in [3.05, 3.63) is 107 Å². The first-order valence-corrected chi connectivity index (χ1v) is 11.0. The van der Waals surface area contributed by atoms with Gasteiger partial charge in [-0.25, -0.2) is 0 Å². The normalized spacial score (nSPS) is 11.7. The van der Waals surface area contributed by atoms with Gasteiger partial charge in [0, 0.05) is 12.3 Å². The molecule has 0 saturated carbocycles. The molecular formula is C28H30N2O2. The minimum absolute atomic E-state index is 0.132. The number of benzene rings is 3. The van der Waals surface area contributed by atoms with Crippen LogP contribution in [0.3, 0.4) is 0 Å². The summed E-state index contributed by atoms with van der Waals surface area (Å²) in [6, 6.07) is 31.9. The molecule has 32 heavy (non-hydrogen) atoms. The predicted octanol–water partition coefficient (Wildman–Crippen LogP) is 4.99. The van der Waals surface area contributed by atoms with Crippen LogP contribution >= 0.6 is 0 Å². The van der Waals surface area contributed by atoms with E-state index in [1.807, 2.05) is 6.07 Å². The molecule has 3 aromatic carbocycles. The first-order valence-electron chi connectivity index (χ1n) is 11.0. The van der Waals surface area contributed by atoms with Crippen molar-refractivity contribution in [3.63, 3.8) is 0 Å². The van der Waals surface area contributed by atoms with Gasteiger partial charge in [-0.15, -0.1) is 0 Å². The fourth-order valence-corrected chi connectivity index (χ4v) is 3.81. The third kappa shape index (κ3) is 7.37. The Labute approximate surface area is 191 Å². The summed E-state index contributed by atoms with van der Waals surface area (Å²) >= 11 is 0. The molecule has 4 nitrogen and oxygen atoms in total. The maximum absolute atomic E-state index is 11.8. The summed E-state index contributed by atoms with van der Waals surface area (Å²) in [7, 11) is 1.73. The van der Waals surface area contributed by atoms with Gasteiger partial charge in [0.2, 0.25) is 0 Å². The van der Waals surface area contributed by atoms with Gasteiger partial charge in [-0.3, -0.25) is 9.69 Å². The number of aryl methyl sites for hydroxylation is 1. The minimum atomic E-state index is -0.301. The van der Waals surface area contributed by atoms with Gasteiger partial charge < -0.3 is 4.74 Å². The van der Waals surface area contributed by atoms with Crippen LogP contribution in [0.2, 0.25) is 0 Å². The first-order chi connectivity index (χ1) is 15.7. The highest BCUT2D eigenvalue weighted by Crippen LogP contribution is 2.29. The van der Waals surface area contributed by atoms with E-state index in [1.54, 1.807) is 11.9 Å². The lowest BCUT2D eigenvalue weighted by Crippen LogP contribution is -2.28. The zero-order valence-corrected chi connectivity index (χ0v) is 18.6. The molecule has 1 atom stereocenters. The van der Waals surface area contributed by atoms with Crippen LogP contribution in [0.1, 0.15) is 34.6 Å². The van der Waals surface area contributed by atoms with Gasteiger partial charge in [0.1, 0.15) is 0 Å². The van der Waals surface area contributed by atoms with Crippen LogP contribution in [0, 0.1) is 11.3 Å². The summed E-state index contributed by atoms with van der Waals surface area (Å²) in [5.74, 6) is 0.0309. The topological polar surface area (TPSA) is 53.3 Å². The van der Waals surface area contributed by atoms with Crippen LogP contribution in [0.15, 0.2) is 84.9 Å². The molecule has 0 fully saturated rings. The van der Waals surface area contributed by atoms with Gasteiger partial charge in [0.25, 0.3) is 0 Å². The van der Waals surface area contributed by atoms with E-state index in [0.29, 0.717) is 18.9 Å². The molecule has 3 aromatic rings. The lowest BCUT2D eigenvalue weighted by Gasteiger charge is -2.19. The highest BCUT2D eigenvalue weighted by molar-refractivity contribution is 5.71. The number of esters is 1. The smallest absolute Gasteiger partial charge is 0.320 e. The minimum Gasteiger partial charge on any atom is -0.464 e. The van der Waals surface area contributed by atoms with Crippen LogP contribution in [0.25, 0.3) is 0 Å². The second kappa shape index (κ2) is 12.4. The van der Waals surface area contributed by atoms with Crippen molar-refractivity contribution in [2.45, 2.75) is 25.2 Å². The van der Waals surface area contributed by atoms with Gasteiger partial charge in [-0.2, -0.15) is 5.26 Å². The highest BCUT2D eigenvalue weighted by Gasteiger charge is 2.14. The molecule has 0 saturated heterocycles. The molecule has 164 valence electrons. The molecule has 1 unspecified atom stereocenters. The molecule has 0 aliphatic carbocycles. The van der Waals surface area contributed by atoms with Crippen molar-refractivity contribution < 1.29 is 9.53 Å². The molecular weight excluding hydrogens is 396 g/mol. The number of rotatable bonds is 11. The maximum Gasteiger partial charge on any atom is 0.320 e. The molecule has 4 heteroatoms. The van der Waals surface area contributed by atoms with Crippen molar-refractivity contribution >= 4 is 5.97 Å². The van der Waals surface area contributed by atoms with Crippen molar-refractivity contribution in [1.29, 1.82) is 5.26 Å². The van der Waals surface area contributed by atoms with Gasteiger partial charge in [0.15, 0.2) is 0 Å². The Morgan fingerprint density at radius 2 is 1.47 bits per heavy atom. The van der Waals surface area contributed by atoms with E-state index in [9.17, 15) is 4.79 Å². The number of likely N-dealkylation sites (N-methyl/N-ethyl adjacent to an activating group) is 1. The van der Waals surface area contributed by atoms with Crippen LogP contribution in [0.5, 0.6) is 0 Å². The van der Waals surface area contributed by atoms with Crippen LogP contribution in [-0.4, -0.2) is 37.6 Å². The summed E-state index contributed by atoms with van der Waals surface area (Å²) in [5.41, 5.74) is 5.12. The standard InChI is InChI=1S/C28H30N2O2/c1-30(20-19-29)22-28(31)32-21-18-24-12-15-26(16-13-24)27(25-10-6-3-7-11-25)17-14-23-8-4-2-5-9-23/h2-13,15-16,27H,14,17-18,20-22H2,1H3. The third-order valence-corrected chi connectivity index (χ3v) is 5.54. The van der Waals surface area contributed by atoms with Crippen molar-refractivity contribution in [2.75, 3.05) is 26.7 Å². The molecule has 0 amide bonds. The Balaban J connectivity index is 1.59. The Morgan fingerprint density at radius 3 is 2.12 bits per heavy atom. The number of ether oxygens (including phenoxy) is 1. The lowest BCUT2D eigenvalue weighted by molar-refractivity contribution is -0.144. The van der Waals surface area contributed by atoms with E-state index in [2.05, 4.69) is 84.9 Å². The number of carbonyl (C=O) groups is 1. The van der Waals surface area contributed by atoms with E-state index in [4.69, 9.17) is 10.00 Å². The molecule has 0 spiro atoms. The van der Waals surface area contributed by atoms with Gasteiger partial charge >= 0.3 is 5.97 Å². The average molecular weight is 427 g/mol.